The van der Waals surface area contributed by atoms with E-state index in [1.165, 1.54) is 47.9 Å². The first kappa shape index (κ1) is 13.2. The third-order valence-corrected chi connectivity index (χ3v) is 5.68. The van der Waals surface area contributed by atoms with Crippen molar-refractivity contribution in [3.63, 3.8) is 0 Å². The zero-order valence-corrected chi connectivity index (χ0v) is 12.6. The summed E-state index contributed by atoms with van der Waals surface area (Å²) in [6.07, 6.45) is 4.02. The quantitative estimate of drug-likeness (QED) is 0.521. The number of fused-ring (bicyclic) bond motifs is 1. The maximum absolute atomic E-state index is 5.79. The van der Waals surface area contributed by atoms with E-state index < -0.39 is 0 Å². The van der Waals surface area contributed by atoms with Gasteiger partial charge in [0.15, 0.2) is 4.34 Å². The van der Waals surface area contributed by atoms with Gasteiger partial charge in [-0.1, -0.05) is 11.8 Å². The number of thioether (sulfide) groups is 1. The van der Waals surface area contributed by atoms with E-state index in [4.69, 9.17) is 5.73 Å². The maximum Gasteiger partial charge on any atom is 0.151 e. The van der Waals surface area contributed by atoms with E-state index in [1.54, 1.807) is 11.3 Å². The molecule has 2 aromatic rings. The summed E-state index contributed by atoms with van der Waals surface area (Å²) in [5.41, 5.74) is 7.68. The molecule has 3 nitrogen and oxygen atoms in total. The van der Waals surface area contributed by atoms with Crippen molar-refractivity contribution in [1.82, 2.24) is 9.88 Å². The number of nitrogen functional groups attached to an aromatic ring is 1. The Morgan fingerprint density at radius 2 is 2.16 bits per heavy atom. The molecule has 1 saturated heterocycles. The van der Waals surface area contributed by atoms with Crippen LogP contribution >= 0.6 is 23.1 Å². The molecule has 102 valence electrons. The second kappa shape index (κ2) is 6.11. The van der Waals surface area contributed by atoms with Crippen LogP contribution in [0.3, 0.4) is 0 Å². The van der Waals surface area contributed by atoms with E-state index in [1.807, 2.05) is 30.0 Å². The van der Waals surface area contributed by atoms with Crippen molar-refractivity contribution >= 4 is 39.0 Å². The van der Waals surface area contributed by atoms with Gasteiger partial charge in [0.2, 0.25) is 0 Å². The number of nitrogens with zero attached hydrogens (tertiary/aromatic N) is 2. The number of rotatable bonds is 5. The van der Waals surface area contributed by atoms with Gasteiger partial charge in [-0.15, -0.1) is 11.3 Å². The van der Waals surface area contributed by atoms with Crippen molar-refractivity contribution in [1.29, 1.82) is 0 Å². The van der Waals surface area contributed by atoms with Crippen LogP contribution in [0.1, 0.15) is 19.3 Å². The predicted molar refractivity (Wildman–Crippen MR) is 85.0 cm³/mol. The summed E-state index contributed by atoms with van der Waals surface area (Å²) in [6, 6.07) is 5.95. The Hall–Kier alpha value is -0.780. The normalized spacial score (nSPS) is 16.4. The van der Waals surface area contributed by atoms with Crippen molar-refractivity contribution in [2.45, 2.75) is 23.6 Å². The minimum absolute atomic E-state index is 0.821. The van der Waals surface area contributed by atoms with E-state index in [2.05, 4.69) is 9.88 Å². The van der Waals surface area contributed by atoms with Crippen molar-refractivity contribution in [3.8, 4) is 0 Å². The molecule has 1 fully saturated rings. The first-order valence-corrected chi connectivity index (χ1v) is 8.63. The summed E-state index contributed by atoms with van der Waals surface area (Å²) in [5, 5.41) is 0. The van der Waals surface area contributed by atoms with Crippen molar-refractivity contribution in [2.75, 3.05) is 31.1 Å². The monoisotopic (exact) mass is 293 g/mol. The summed E-state index contributed by atoms with van der Waals surface area (Å²) in [6.45, 7) is 3.83. The van der Waals surface area contributed by atoms with E-state index in [9.17, 15) is 0 Å². The van der Waals surface area contributed by atoms with Gasteiger partial charge in [0.1, 0.15) is 0 Å². The Kier molecular flexibility index (Phi) is 4.25. The number of anilines is 1. The highest BCUT2D eigenvalue weighted by atomic mass is 32.2. The molecule has 1 aliphatic heterocycles. The highest BCUT2D eigenvalue weighted by Gasteiger charge is 2.10. The zero-order valence-electron chi connectivity index (χ0n) is 11.0. The van der Waals surface area contributed by atoms with Crippen LogP contribution in [0.4, 0.5) is 5.69 Å². The van der Waals surface area contributed by atoms with Gasteiger partial charge in [0, 0.05) is 11.4 Å². The molecule has 19 heavy (non-hydrogen) atoms. The molecule has 0 bridgehead atoms. The van der Waals surface area contributed by atoms with Gasteiger partial charge in [-0.25, -0.2) is 4.98 Å². The van der Waals surface area contributed by atoms with E-state index in [0.717, 1.165) is 17.0 Å². The summed E-state index contributed by atoms with van der Waals surface area (Å²) in [4.78, 5) is 7.20. The lowest BCUT2D eigenvalue weighted by molar-refractivity contribution is 0.341. The fourth-order valence-corrected chi connectivity index (χ4v) is 4.55. The summed E-state index contributed by atoms with van der Waals surface area (Å²) >= 11 is 3.63. The minimum atomic E-state index is 0.821. The smallest absolute Gasteiger partial charge is 0.151 e. The topological polar surface area (TPSA) is 42.1 Å². The number of likely N-dealkylation sites (tertiary alicyclic amines) is 1. The molecule has 2 N–H and O–H groups in total. The fraction of sp³-hybridized carbons (Fsp3) is 0.500. The third-order valence-electron chi connectivity index (χ3n) is 3.44. The van der Waals surface area contributed by atoms with Gasteiger partial charge >= 0.3 is 0 Å². The van der Waals surface area contributed by atoms with Crippen LogP contribution in [0.2, 0.25) is 0 Å². The number of benzene rings is 1. The van der Waals surface area contributed by atoms with Crippen molar-refractivity contribution in [2.24, 2.45) is 0 Å². The van der Waals surface area contributed by atoms with E-state index >= 15 is 0 Å². The van der Waals surface area contributed by atoms with Crippen LogP contribution in [0.15, 0.2) is 22.5 Å². The SMILES string of the molecule is Nc1ccc2nc(SCCCN3CCCC3)sc2c1. The van der Waals surface area contributed by atoms with Gasteiger partial charge < -0.3 is 10.6 Å². The minimum Gasteiger partial charge on any atom is -0.399 e. The number of thiazole rings is 1. The average molecular weight is 293 g/mol. The maximum atomic E-state index is 5.79. The van der Waals surface area contributed by atoms with E-state index in [-0.39, 0.29) is 0 Å². The van der Waals surface area contributed by atoms with Gasteiger partial charge in [0.25, 0.3) is 0 Å². The second-order valence-electron chi connectivity index (χ2n) is 4.96. The molecule has 0 radical (unpaired) electrons. The van der Waals surface area contributed by atoms with Crippen molar-refractivity contribution in [3.05, 3.63) is 18.2 Å². The van der Waals surface area contributed by atoms with Crippen LogP contribution < -0.4 is 5.73 Å². The molecule has 0 saturated carbocycles. The molecular weight excluding hydrogens is 274 g/mol. The molecule has 0 spiro atoms. The molecule has 0 aliphatic carbocycles. The largest absolute Gasteiger partial charge is 0.399 e. The summed E-state index contributed by atoms with van der Waals surface area (Å²) in [7, 11) is 0. The lowest BCUT2D eigenvalue weighted by Gasteiger charge is -2.13. The number of nitrogens with two attached hydrogens (primary N) is 1. The van der Waals surface area contributed by atoms with Crippen LogP contribution in [0.25, 0.3) is 10.2 Å². The van der Waals surface area contributed by atoms with Gasteiger partial charge in [0.05, 0.1) is 10.2 Å². The summed E-state index contributed by atoms with van der Waals surface area (Å²) in [5.74, 6) is 1.16. The standard InChI is InChI=1S/C14H19N3S2/c15-11-4-5-12-13(10-11)19-14(16-12)18-9-3-8-17-6-1-2-7-17/h4-5,10H,1-3,6-9,15H2. The lowest BCUT2D eigenvalue weighted by atomic mass is 10.3. The highest BCUT2D eigenvalue weighted by Crippen LogP contribution is 2.30. The van der Waals surface area contributed by atoms with Crippen LogP contribution in [0.5, 0.6) is 0 Å². The number of aromatic nitrogens is 1. The number of hydrogen-bond acceptors (Lipinski definition) is 5. The Morgan fingerprint density at radius 1 is 1.32 bits per heavy atom. The van der Waals surface area contributed by atoms with Crippen molar-refractivity contribution < 1.29 is 0 Å². The molecule has 0 amide bonds. The lowest BCUT2D eigenvalue weighted by Crippen LogP contribution is -2.20. The average Bonchev–Trinajstić information content (AvgIpc) is 3.02. The zero-order chi connectivity index (χ0) is 13.1. The molecule has 1 aliphatic rings. The molecule has 2 heterocycles. The Balaban J connectivity index is 1.50. The molecule has 1 aromatic carbocycles. The predicted octanol–water partition coefficient (Wildman–Crippen LogP) is 3.46. The highest BCUT2D eigenvalue weighted by molar-refractivity contribution is 8.01. The van der Waals surface area contributed by atoms with Crippen LogP contribution in [-0.2, 0) is 0 Å². The molecule has 1 aromatic heterocycles. The fourth-order valence-electron chi connectivity index (χ4n) is 2.44. The third kappa shape index (κ3) is 3.41. The second-order valence-corrected chi connectivity index (χ2v) is 7.33. The first-order chi connectivity index (χ1) is 9.31. The van der Waals surface area contributed by atoms with Crippen LogP contribution in [-0.4, -0.2) is 35.3 Å². The van der Waals surface area contributed by atoms with Gasteiger partial charge in [-0.2, -0.15) is 0 Å². The van der Waals surface area contributed by atoms with Crippen LogP contribution in [0, 0.1) is 0 Å². The Morgan fingerprint density at radius 3 is 3.00 bits per heavy atom. The molecule has 3 rings (SSSR count). The molecular formula is C14H19N3S2. The van der Waals surface area contributed by atoms with Gasteiger partial charge in [-0.3, -0.25) is 0 Å². The Bertz CT molecular complexity index is 547. The molecule has 5 heteroatoms. The molecule has 0 unspecified atom stereocenters. The number of hydrogen-bond donors (Lipinski definition) is 1. The van der Waals surface area contributed by atoms with Gasteiger partial charge in [-0.05, 0) is 57.1 Å². The summed E-state index contributed by atoms with van der Waals surface area (Å²) < 4.78 is 2.36. The molecule has 0 atom stereocenters. The van der Waals surface area contributed by atoms with E-state index in [0.29, 0.717) is 0 Å². The first-order valence-electron chi connectivity index (χ1n) is 6.82. The Labute approximate surface area is 122 Å².